The highest BCUT2D eigenvalue weighted by Crippen LogP contribution is 2.31. The van der Waals surface area contributed by atoms with E-state index < -0.39 is 16.1 Å². The number of rotatable bonds is 3. The summed E-state index contributed by atoms with van der Waals surface area (Å²) in [5, 5.41) is 4.00. The lowest BCUT2D eigenvalue weighted by molar-refractivity contribution is -0.124. The molecule has 1 aliphatic heterocycles. The molecule has 0 saturated carbocycles. The molecule has 0 spiro atoms. The summed E-state index contributed by atoms with van der Waals surface area (Å²) in [6.45, 7) is 0.596. The molecule has 1 aromatic carbocycles. The summed E-state index contributed by atoms with van der Waals surface area (Å²) >= 11 is 7.07. The van der Waals surface area contributed by atoms with Crippen LogP contribution in [-0.2, 0) is 14.8 Å². The lowest BCUT2D eigenvalue weighted by Gasteiger charge is -2.22. The predicted molar refractivity (Wildman–Crippen MR) is 83.2 cm³/mol. The lowest BCUT2D eigenvalue weighted by Crippen LogP contribution is -2.49. The number of sulfonamides is 1. The van der Waals surface area contributed by atoms with Gasteiger partial charge in [-0.25, -0.2) is 8.42 Å². The molecule has 0 bridgehead atoms. The van der Waals surface area contributed by atoms with Crippen LogP contribution in [0.2, 0.25) is 5.02 Å². The Hall–Kier alpha value is -1.15. The summed E-state index contributed by atoms with van der Waals surface area (Å²) < 4.78 is 28.3. The van der Waals surface area contributed by atoms with Gasteiger partial charge in [0, 0.05) is 16.3 Å². The van der Waals surface area contributed by atoms with E-state index in [1.807, 2.05) is 0 Å². The Morgan fingerprint density at radius 1 is 1.33 bits per heavy atom. The molecule has 8 heteroatoms. The van der Waals surface area contributed by atoms with Gasteiger partial charge in [-0.05, 0) is 42.5 Å². The third-order valence-electron chi connectivity index (χ3n) is 3.30. The number of carbonyl (C=O) groups excluding carboxylic acids is 1. The van der Waals surface area contributed by atoms with Gasteiger partial charge in [0.15, 0.2) is 0 Å². The normalized spacial score (nSPS) is 19.7. The summed E-state index contributed by atoms with van der Waals surface area (Å²) in [6, 6.07) is 6.11. The molecule has 1 aromatic heterocycles. The molecule has 112 valence electrons. The quantitative estimate of drug-likeness (QED) is 0.895. The Kier molecular flexibility index (Phi) is 3.92. The second kappa shape index (κ2) is 5.57. The average molecular weight is 345 g/mol. The lowest BCUT2D eigenvalue weighted by atomic mass is 10.1. The van der Waals surface area contributed by atoms with Crippen LogP contribution in [0, 0.1) is 0 Å². The van der Waals surface area contributed by atoms with E-state index in [1.165, 1.54) is 0 Å². The number of carbonyl (C=O) groups is 1. The maximum absolute atomic E-state index is 12.4. The molecule has 1 aliphatic rings. The number of benzene rings is 1. The second-order valence-electron chi connectivity index (χ2n) is 4.85. The van der Waals surface area contributed by atoms with Crippen molar-refractivity contribution < 1.29 is 13.2 Å². The fraction of sp³-hybridized carbons (Fsp3) is 0.308. The van der Waals surface area contributed by atoms with Crippen molar-refractivity contribution in [2.24, 2.45) is 0 Å². The van der Waals surface area contributed by atoms with Crippen LogP contribution in [-0.4, -0.2) is 26.9 Å². The molecule has 0 unspecified atom stereocenters. The summed E-state index contributed by atoms with van der Waals surface area (Å²) in [4.78, 5) is 11.7. The third kappa shape index (κ3) is 3.06. The number of halogens is 1. The third-order valence-corrected chi connectivity index (χ3v) is 6.60. The van der Waals surface area contributed by atoms with Crippen LogP contribution >= 0.6 is 22.9 Å². The highest BCUT2D eigenvalue weighted by molar-refractivity contribution is 7.91. The Morgan fingerprint density at radius 3 is 2.90 bits per heavy atom. The number of thiophene rings is 1. The molecule has 0 radical (unpaired) electrons. The van der Waals surface area contributed by atoms with E-state index in [0.29, 0.717) is 18.0 Å². The Balaban J connectivity index is 1.90. The van der Waals surface area contributed by atoms with Gasteiger partial charge in [0.2, 0.25) is 5.91 Å². The Labute approximate surface area is 131 Å². The van der Waals surface area contributed by atoms with Gasteiger partial charge in [-0.3, -0.25) is 4.79 Å². The fourth-order valence-electron chi connectivity index (χ4n) is 2.25. The van der Waals surface area contributed by atoms with E-state index in [-0.39, 0.29) is 10.1 Å². The summed E-state index contributed by atoms with van der Waals surface area (Å²) in [6.07, 6.45) is 1.28. The molecular formula is C13H13ClN2O3S2. The number of hydrogen-bond acceptors (Lipinski definition) is 4. The van der Waals surface area contributed by atoms with Gasteiger partial charge >= 0.3 is 0 Å². The van der Waals surface area contributed by atoms with Crippen LogP contribution < -0.4 is 10.0 Å². The van der Waals surface area contributed by atoms with Gasteiger partial charge in [0.25, 0.3) is 10.0 Å². The highest BCUT2D eigenvalue weighted by Gasteiger charge is 2.28. The molecule has 2 N–H and O–H groups in total. The van der Waals surface area contributed by atoms with Crippen LogP contribution in [0.15, 0.2) is 28.5 Å². The molecule has 2 aromatic rings. The molecule has 1 atom stereocenters. The monoisotopic (exact) mass is 344 g/mol. The van der Waals surface area contributed by atoms with Crippen molar-refractivity contribution >= 4 is 49.0 Å². The Morgan fingerprint density at radius 2 is 2.14 bits per heavy atom. The van der Waals surface area contributed by atoms with Crippen molar-refractivity contribution in [3.8, 4) is 0 Å². The first-order chi connectivity index (χ1) is 9.95. The molecule has 3 rings (SSSR count). The van der Waals surface area contributed by atoms with Gasteiger partial charge in [-0.2, -0.15) is 4.72 Å². The van der Waals surface area contributed by atoms with Gasteiger partial charge in [0.1, 0.15) is 10.3 Å². The zero-order chi connectivity index (χ0) is 15.0. The predicted octanol–water partition coefficient (Wildman–Crippen LogP) is 2.11. The SMILES string of the molecule is O=C1NCCC[C@H]1NS(=O)(=O)c1cc2cc(Cl)ccc2s1. The largest absolute Gasteiger partial charge is 0.355 e. The van der Waals surface area contributed by atoms with E-state index in [1.54, 1.807) is 24.3 Å². The summed E-state index contributed by atoms with van der Waals surface area (Å²) in [5.41, 5.74) is 0. The molecule has 1 amide bonds. The first-order valence-electron chi connectivity index (χ1n) is 6.45. The van der Waals surface area contributed by atoms with Crippen LogP contribution in [0.4, 0.5) is 0 Å². The fourth-order valence-corrected chi connectivity index (χ4v) is 5.06. The first-order valence-corrected chi connectivity index (χ1v) is 9.13. The highest BCUT2D eigenvalue weighted by atomic mass is 35.5. The molecule has 2 heterocycles. The number of nitrogens with one attached hydrogen (secondary N) is 2. The maximum Gasteiger partial charge on any atom is 0.250 e. The minimum absolute atomic E-state index is 0.193. The van der Waals surface area contributed by atoms with E-state index in [4.69, 9.17) is 11.6 Å². The molecular weight excluding hydrogens is 332 g/mol. The van der Waals surface area contributed by atoms with Crippen LogP contribution in [0.5, 0.6) is 0 Å². The average Bonchev–Trinajstić information content (AvgIpc) is 2.85. The first kappa shape index (κ1) is 14.8. The molecule has 1 fully saturated rings. The number of hydrogen-bond donors (Lipinski definition) is 2. The van der Waals surface area contributed by atoms with Crippen LogP contribution in [0.25, 0.3) is 10.1 Å². The standard InChI is InChI=1S/C13H13ClN2O3S2/c14-9-3-4-11-8(6-9)7-12(20-11)21(18,19)16-10-2-1-5-15-13(10)17/h3-4,6-7,10,16H,1-2,5H2,(H,15,17)/t10-/m1/s1. The number of piperidine rings is 1. The van der Waals surface area contributed by atoms with Crippen molar-refractivity contribution in [3.63, 3.8) is 0 Å². The minimum Gasteiger partial charge on any atom is -0.355 e. The van der Waals surface area contributed by atoms with Crippen molar-refractivity contribution in [2.75, 3.05) is 6.54 Å². The van der Waals surface area contributed by atoms with Gasteiger partial charge in [-0.15, -0.1) is 11.3 Å². The van der Waals surface area contributed by atoms with E-state index >= 15 is 0 Å². The van der Waals surface area contributed by atoms with Crippen molar-refractivity contribution in [1.82, 2.24) is 10.0 Å². The molecule has 5 nitrogen and oxygen atoms in total. The molecule has 1 saturated heterocycles. The van der Waals surface area contributed by atoms with Crippen LogP contribution in [0.3, 0.4) is 0 Å². The zero-order valence-corrected chi connectivity index (χ0v) is 13.3. The van der Waals surface area contributed by atoms with E-state index in [0.717, 1.165) is 27.8 Å². The topological polar surface area (TPSA) is 75.3 Å². The molecule has 0 aliphatic carbocycles. The summed E-state index contributed by atoms with van der Waals surface area (Å²) in [5.74, 6) is -0.269. The smallest absolute Gasteiger partial charge is 0.250 e. The van der Waals surface area contributed by atoms with Crippen molar-refractivity contribution in [1.29, 1.82) is 0 Å². The van der Waals surface area contributed by atoms with Gasteiger partial charge < -0.3 is 5.32 Å². The van der Waals surface area contributed by atoms with Crippen molar-refractivity contribution in [2.45, 2.75) is 23.1 Å². The van der Waals surface area contributed by atoms with E-state index in [2.05, 4.69) is 10.0 Å². The number of fused-ring (bicyclic) bond motifs is 1. The maximum atomic E-state index is 12.4. The summed E-state index contributed by atoms with van der Waals surface area (Å²) in [7, 11) is -3.70. The Bertz CT molecular complexity index is 801. The second-order valence-corrected chi connectivity index (χ2v) is 8.32. The minimum atomic E-state index is -3.70. The van der Waals surface area contributed by atoms with Gasteiger partial charge in [-0.1, -0.05) is 11.6 Å². The van der Waals surface area contributed by atoms with Crippen LogP contribution in [0.1, 0.15) is 12.8 Å². The van der Waals surface area contributed by atoms with Crippen molar-refractivity contribution in [3.05, 3.63) is 29.3 Å². The van der Waals surface area contributed by atoms with Gasteiger partial charge in [0.05, 0.1) is 0 Å². The van der Waals surface area contributed by atoms with E-state index in [9.17, 15) is 13.2 Å². The number of amides is 1. The molecule has 21 heavy (non-hydrogen) atoms. The zero-order valence-electron chi connectivity index (χ0n) is 10.9.